The van der Waals surface area contributed by atoms with Crippen LogP contribution in [0.25, 0.3) is 0 Å². The molecule has 0 saturated heterocycles. The molecule has 2 heterocycles. The van der Waals surface area contributed by atoms with Crippen LogP contribution >= 0.6 is 0 Å². The zero-order chi connectivity index (χ0) is 12.5. The van der Waals surface area contributed by atoms with Gasteiger partial charge in [-0.25, -0.2) is 0 Å². The lowest BCUT2D eigenvalue weighted by molar-refractivity contribution is 0.00707. The number of nitrogens with one attached hydrogen (secondary N) is 1. The number of hydrogen-bond acceptors (Lipinski definition) is 3. The summed E-state index contributed by atoms with van der Waals surface area (Å²) < 4.78 is 6.21. The van der Waals surface area contributed by atoms with Crippen LogP contribution in [0.5, 0.6) is 0 Å². The summed E-state index contributed by atoms with van der Waals surface area (Å²) in [7, 11) is 0. The molecule has 18 heavy (non-hydrogen) atoms. The largest absolute Gasteiger partial charge is 0.369 e. The third-order valence-corrected chi connectivity index (χ3v) is 3.89. The van der Waals surface area contributed by atoms with E-state index in [0.717, 1.165) is 31.8 Å². The van der Waals surface area contributed by atoms with Crippen LogP contribution in [0.1, 0.15) is 36.1 Å². The standard InChI is InChI=1S/C15H20N2O/c1-3-11-9-13-10(2)5-4-6-12(13)14(18-11)15-16-7-8-17-15/h4-6,11,14H,3,7-9H2,1-2H3,(H,16,17)/t11-,14?/m1/s1. The quantitative estimate of drug-likeness (QED) is 0.866. The SMILES string of the molecule is CC[C@@H]1Cc2c(C)cccc2C(C2=NCCN2)O1. The highest BCUT2D eigenvalue weighted by atomic mass is 16.5. The van der Waals surface area contributed by atoms with Crippen LogP contribution in [0.2, 0.25) is 0 Å². The molecule has 0 saturated carbocycles. The number of nitrogens with zero attached hydrogens (tertiary/aromatic N) is 1. The molecule has 0 fully saturated rings. The number of aryl methyl sites for hydroxylation is 1. The van der Waals surface area contributed by atoms with Crippen molar-refractivity contribution in [2.75, 3.05) is 13.1 Å². The van der Waals surface area contributed by atoms with Gasteiger partial charge >= 0.3 is 0 Å². The highest BCUT2D eigenvalue weighted by Crippen LogP contribution is 2.34. The second kappa shape index (κ2) is 4.73. The Balaban J connectivity index is 2.02. The Morgan fingerprint density at radius 3 is 3.06 bits per heavy atom. The maximum Gasteiger partial charge on any atom is 0.140 e. The van der Waals surface area contributed by atoms with E-state index in [4.69, 9.17) is 4.74 Å². The van der Waals surface area contributed by atoms with Crippen molar-refractivity contribution in [3.8, 4) is 0 Å². The minimum atomic E-state index is 0.0149. The van der Waals surface area contributed by atoms with Crippen molar-refractivity contribution in [1.29, 1.82) is 0 Å². The van der Waals surface area contributed by atoms with E-state index in [9.17, 15) is 0 Å². The van der Waals surface area contributed by atoms with E-state index < -0.39 is 0 Å². The van der Waals surface area contributed by atoms with Gasteiger partial charge in [-0.3, -0.25) is 4.99 Å². The Morgan fingerprint density at radius 2 is 2.33 bits per heavy atom. The Bertz CT molecular complexity index is 481. The van der Waals surface area contributed by atoms with Crippen molar-refractivity contribution in [3.63, 3.8) is 0 Å². The van der Waals surface area contributed by atoms with E-state index in [0.29, 0.717) is 6.10 Å². The van der Waals surface area contributed by atoms with E-state index >= 15 is 0 Å². The zero-order valence-corrected chi connectivity index (χ0v) is 11.1. The molecule has 3 rings (SSSR count). The number of aliphatic imine (C=N–C) groups is 1. The van der Waals surface area contributed by atoms with Gasteiger partial charge in [0.2, 0.25) is 0 Å². The fourth-order valence-corrected chi connectivity index (χ4v) is 2.84. The van der Waals surface area contributed by atoms with Crippen LogP contribution in [0.4, 0.5) is 0 Å². The average molecular weight is 244 g/mol. The highest BCUT2D eigenvalue weighted by Gasteiger charge is 2.31. The molecule has 0 radical (unpaired) electrons. The van der Waals surface area contributed by atoms with Gasteiger partial charge in [0, 0.05) is 6.54 Å². The lowest BCUT2D eigenvalue weighted by Crippen LogP contribution is -2.35. The van der Waals surface area contributed by atoms with Gasteiger partial charge in [-0.15, -0.1) is 0 Å². The molecule has 3 heteroatoms. The molecular formula is C15H20N2O. The van der Waals surface area contributed by atoms with E-state index in [2.05, 4.69) is 42.4 Å². The van der Waals surface area contributed by atoms with E-state index in [1.54, 1.807) is 0 Å². The Morgan fingerprint density at radius 1 is 1.44 bits per heavy atom. The molecule has 96 valence electrons. The van der Waals surface area contributed by atoms with Gasteiger partial charge < -0.3 is 10.1 Å². The summed E-state index contributed by atoms with van der Waals surface area (Å²) in [4.78, 5) is 4.54. The monoisotopic (exact) mass is 244 g/mol. The fourth-order valence-electron chi connectivity index (χ4n) is 2.84. The molecule has 0 aromatic heterocycles. The molecule has 0 amide bonds. The summed E-state index contributed by atoms with van der Waals surface area (Å²) in [5, 5.41) is 3.36. The van der Waals surface area contributed by atoms with Gasteiger partial charge in [0.1, 0.15) is 11.9 Å². The number of ether oxygens (including phenoxy) is 1. The van der Waals surface area contributed by atoms with Gasteiger partial charge in [-0.05, 0) is 36.5 Å². The van der Waals surface area contributed by atoms with Gasteiger partial charge in [0.05, 0.1) is 12.6 Å². The van der Waals surface area contributed by atoms with Gasteiger partial charge in [0.15, 0.2) is 0 Å². The predicted octanol–water partition coefficient (Wildman–Crippen LogP) is 2.39. The Kier molecular flexibility index (Phi) is 3.08. The molecular weight excluding hydrogens is 224 g/mol. The van der Waals surface area contributed by atoms with Crippen molar-refractivity contribution in [3.05, 3.63) is 34.9 Å². The first-order valence-corrected chi connectivity index (χ1v) is 6.81. The average Bonchev–Trinajstić information content (AvgIpc) is 2.92. The number of hydrogen-bond donors (Lipinski definition) is 1. The molecule has 1 N–H and O–H groups in total. The number of benzene rings is 1. The maximum absolute atomic E-state index is 6.21. The molecule has 3 nitrogen and oxygen atoms in total. The number of amidine groups is 1. The Hall–Kier alpha value is -1.35. The first kappa shape index (κ1) is 11.7. The first-order chi connectivity index (χ1) is 8.79. The van der Waals surface area contributed by atoms with Crippen LogP contribution in [-0.2, 0) is 11.2 Å². The highest BCUT2D eigenvalue weighted by molar-refractivity contribution is 5.89. The molecule has 2 atom stereocenters. The minimum absolute atomic E-state index is 0.0149. The lowest BCUT2D eigenvalue weighted by atomic mass is 9.89. The van der Waals surface area contributed by atoms with Crippen LogP contribution < -0.4 is 5.32 Å². The topological polar surface area (TPSA) is 33.6 Å². The molecule has 2 aliphatic rings. The van der Waals surface area contributed by atoms with Gasteiger partial charge in [-0.2, -0.15) is 0 Å². The molecule has 1 unspecified atom stereocenters. The van der Waals surface area contributed by atoms with E-state index in [-0.39, 0.29) is 6.10 Å². The van der Waals surface area contributed by atoms with Crippen molar-refractivity contribution in [2.24, 2.45) is 4.99 Å². The third-order valence-electron chi connectivity index (χ3n) is 3.89. The van der Waals surface area contributed by atoms with E-state index in [1.165, 1.54) is 16.7 Å². The van der Waals surface area contributed by atoms with Gasteiger partial charge in [-0.1, -0.05) is 25.1 Å². The van der Waals surface area contributed by atoms with Gasteiger partial charge in [0.25, 0.3) is 0 Å². The molecule has 2 aliphatic heterocycles. The minimum Gasteiger partial charge on any atom is -0.369 e. The second-order valence-electron chi connectivity index (χ2n) is 5.09. The first-order valence-electron chi connectivity index (χ1n) is 6.81. The summed E-state index contributed by atoms with van der Waals surface area (Å²) in [5.41, 5.74) is 4.13. The summed E-state index contributed by atoms with van der Waals surface area (Å²) in [6.07, 6.45) is 2.41. The normalized spacial score (nSPS) is 26.4. The number of fused-ring (bicyclic) bond motifs is 1. The van der Waals surface area contributed by atoms with Crippen LogP contribution in [0, 0.1) is 6.92 Å². The summed E-state index contributed by atoms with van der Waals surface area (Å²) in [5.74, 6) is 1.01. The third kappa shape index (κ3) is 1.93. The van der Waals surface area contributed by atoms with Crippen LogP contribution in [0.3, 0.4) is 0 Å². The summed E-state index contributed by atoms with van der Waals surface area (Å²) >= 11 is 0. The molecule has 1 aromatic carbocycles. The second-order valence-corrected chi connectivity index (χ2v) is 5.09. The molecule has 0 bridgehead atoms. The zero-order valence-electron chi connectivity index (χ0n) is 11.1. The van der Waals surface area contributed by atoms with Crippen molar-refractivity contribution < 1.29 is 4.74 Å². The van der Waals surface area contributed by atoms with Crippen molar-refractivity contribution in [1.82, 2.24) is 5.32 Å². The molecule has 0 spiro atoms. The fraction of sp³-hybridized carbons (Fsp3) is 0.533. The van der Waals surface area contributed by atoms with Crippen molar-refractivity contribution in [2.45, 2.75) is 38.9 Å². The molecule has 1 aromatic rings. The summed E-state index contributed by atoms with van der Waals surface area (Å²) in [6.45, 7) is 6.19. The van der Waals surface area contributed by atoms with Crippen LogP contribution in [-0.4, -0.2) is 25.0 Å². The number of rotatable bonds is 2. The Labute approximate surface area is 108 Å². The van der Waals surface area contributed by atoms with Crippen molar-refractivity contribution >= 4 is 5.84 Å². The smallest absolute Gasteiger partial charge is 0.140 e. The summed E-state index contributed by atoms with van der Waals surface area (Å²) in [6, 6.07) is 6.49. The van der Waals surface area contributed by atoms with E-state index in [1.807, 2.05) is 0 Å². The van der Waals surface area contributed by atoms with Crippen LogP contribution in [0.15, 0.2) is 23.2 Å². The lowest BCUT2D eigenvalue weighted by Gasteiger charge is -2.33. The molecule has 0 aliphatic carbocycles. The predicted molar refractivity (Wildman–Crippen MR) is 73.1 cm³/mol. The maximum atomic E-state index is 6.21.